The van der Waals surface area contributed by atoms with Gasteiger partial charge >= 0.3 is 0 Å². The van der Waals surface area contributed by atoms with E-state index in [9.17, 15) is 0 Å². The summed E-state index contributed by atoms with van der Waals surface area (Å²) in [5, 5.41) is 2.04. The first kappa shape index (κ1) is 8.26. The number of anilines is 1. The van der Waals surface area contributed by atoms with Crippen LogP contribution in [0.2, 0.25) is 0 Å². The molecule has 3 heteroatoms. The Morgan fingerprint density at radius 2 is 1.92 bits per heavy atom. The number of hydrogen-bond donors (Lipinski definition) is 1. The van der Waals surface area contributed by atoms with Crippen LogP contribution in [0.5, 0.6) is 0 Å². The molecule has 0 atom stereocenters. The lowest BCUT2D eigenvalue weighted by Gasteiger charge is -1.91. The van der Waals surface area contributed by atoms with Crippen LogP contribution in [0.4, 0.5) is 5.00 Å². The Balaban J connectivity index is 2.53. The van der Waals surface area contributed by atoms with Crippen LogP contribution in [-0.2, 0) is 7.05 Å². The molecule has 2 aromatic rings. The molecule has 0 aliphatic rings. The summed E-state index contributed by atoms with van der Waals surface area (Å²) in [6.45, 7) is 0. The third kappa shape index (κ3) is 1.55. The quantitative estimate of drug-likeness (QED) is 0.685. The Hall–Kier alpha value is -1.35. The van der Waals surface area contributed by atoms with Crippen molar-refractivity contribution in [3.8, 4) is 10.6 Å². The first-order chi connectivity index (χ1) is 6.27. The van der Waals surface area contributed by atoms with E-state index < -0.39 is 0 Å². The van der Waals surface area contributed by atoms with Gasteiger partial charge in [-0.05, 0) is 23.5 Å². The summed E-state index contributed by atoms with van der Waals surface area (Å²) in [5.74, 6) is 0. The van der Waals surface area contributed by atoms with Gasteiger partial charge in [0.05, 0.1) is 5.56 Å². The largest absolute Gasteiger partial charge is 0.385 e. The second-order valence-electron chi connectivity index (χ2n) is 2.92. The molecular formula is C10H11N2S+. The maximum absolute atomic E-state index is 5.71. The highest BCUT2D eigenvalue weighted by molar-refractivity contribution is 7.18. The molecule has 1 heterocycles. The Morgan fingerprint density at radius 1 is 1.23 bits per heavy atom. The van der Waals surface area contributed by atoms with Crippen molar-refractivity contribution in [1.82, 2.24) is 0 Å². The van der Waals surface area contributed by atoms with Crippen LogP contribution in [0.1, 0.15) is 0 Å². The molecule has 0 aliphatic carbocycles. The first-order valence-corrected chi connectivity index (χ1v) is 4.89. The molecule has 0 spiro atoms. The summed E-state index contributed by atoms with van der Waals surface area (Å²) in [7, 11) is 2.01. The molecule has 0 saturated heterocycles. The Labute approximate surface area is 81.3 Å². The van der Waals surface area contributed by atoms with Gasteiger partial charge in [-0.2, -0.15) is 4.57 Å². The number of benzene rings is 1. The van der Waals surface area contributed by atoms with Crippen molar-refractivity contribution < 1.29 is 4.57 Å². The van der Waals surface area contributed by atoms with Crippen molar-refractivity contribution in [1.29, 1.82) is 0 Å². The molecule has 2 nitrogen and oxygen atoms in total. The number of nitrogens with two attached hydrogens (primary N) is 1. The summed E-state index contributed by atoms with van der Waals surface area (Å²) in [6, 6.07) is 10.3. The molecule has 0 bridgehead atoms. The highest BCUT2D eigenvalue weighted by Gasteiger charge is 2.12. The van der Waals surface area contributed by atoms with Crippen LogP contribution >= 0.6 is 11.3 Å². The smallest absolute Gasteiger partial charge is 0.270 e. The van der Waals surface area contributed by atoms with Gasteiger partial charge in [0.2, 0.25) is 6.20 Å². The molecule has 13 heavy (non-hydrogen) atoms. The number of hydrogen-bond acceptors (Lipinski definition) is 2. The lowest BCUT2D eigenvalue weighted by atomic mass is 10.2. The average Bonchev–Trinajstić information content (AvgIpc) is 2.47. The number of nitrogen functional groups attached to an aromatic ring is 1. The molecule has 0 fully saturated rings. The molecule has 0 amide bonds. The normalized spacial score (nSPS) is 10.2. The molecule has 2 N–H and O–H groups in total. The second-order valence-corrected chi connectivity index (χ2v) is 3.98. The van der Waals surface area contributed by atoms with E-state index in [4.69, 9.17) is 5.73 Å². The number of aryl methyl sites for hydroxylation is 1. The predicted octanol–water partition coefficient (Wildman–Crippen LogP) is 1.82. The number of rotatable bonds is 1. The fourth-order valence-electron chi connectivity index (χ4n) is 1.30. The molecule has 0 unspecified atom stereocenters. The zero-order valence-corrected chi connectivity index (χ0v) is 8.21. The maximum Gasteiger partial charge on any atom is 0.270 e. The van der Waals surface area contributed by atoms with E-state index in [2.05, 4.69) is 16.7 Å². The minimum atomic E-state index is 0.848. The van der Waals surface area contributed by atoms with Crippen LogP contribution in [0.15, 0.2) is 36.5 Å². The monoisotopic (exact) mass is 191 g/mol. The van der Waals surface area contributed by atoms with Gasteiger partial charge in [-0.25, -0.2) is 0 Å². The third-order valence-electron chi connectivity index (χ3n) is 1.88. The highest BCUT2D eigenvalue weighted by Crippen LogP contribution is 2.23. The van der Waals surface area contributed by atoms with Crippen LogP contribution in [0.25, 0.3) is 10.6 Å². The van der Waals surface area contributed by atoms with E-state index in [0.717, 1.165) is 5.00 Å². The minimum Gasteiger partial charge on any atom is -0.385 e. The van der Waals surface area contributed by atoms with Gasteiger partial charge in [0.15, 0.2) is 5.00 Å². The van der Waals surface area contributed by atoms with Crippen molar-refractivity contribution in [2.75, 3.05) is 5.73 Å². The molecule has 2 rings (SSSR count). The molecule has 1 aromatic heterocycles. The Kier molecular flexibility index (Phi) is 2.02. The topological polar surface area (TPSA) is 29.9 Å². The molecular weight excluding hydrogens is 180 g/mol. The van der Waals surface area contributed by atoms with E-state index in [-0.39, 0.29) is 0 Å². The van der Waals surface area contributed by atoms with Crippen LogP contribution in [-0.4, -0.2) is 0 Å². The molecule has 0 aliphatic heterocycles. The zero-order valence-electron chi connectivity index (χ0n) is 7.40. The summed E-state index contributed by atoms with van der Waals surface area (Å²) in [5.41, 5.74) is 6.93. The maximum atomic E-state index is 5.71. The second kappa shape index (κ2) is 3.18. The summed E-state index contributed by atoms with van der Waals surface area (Å²) >= 11 is 1.61. The van der Waals surface area contributed by atoms with E-state index in [1.807, 2.05) is 31.4 Å². The minimum absolute atomic E-state index is 0.848. The van der Waals surface area contributed by atoms with Crippen molar-refractivity contribution in [2.45, 2.75) is 0 Å². The van der Waals surface area contributed by atoms with Crippen LogP contribution in [0.3, 0.4) is 0 Å². The van der Waals surface area contributed by atoms with Gasteiger partial charge in [-0.3, -0.25) is 0 Å². The van der Waals surface area contributed by atoms with E-state index in [1.54, 1.807) is 11.3 Å². The van der Waals surface area contributed by atoms with Gasteiger partial charge < -0.3 is 5.73 Å². The Morgan fingerprint density at radius 3 is 2.46 bits per heavy atom. The molecule has 0 radical (unpaired) electrons. The molecule has 0 saturated carbocycles. The molecule has 66 valence electrons. The van der Waals surface area contributed by atoms with Crippen LogP contribution < -0.4 is 10.3 Å². The van der Waals surface area contributed by atoms with E-state index in [1.165, 1.54) is 10.6 Å². The lowest BCUT2D eigenvalue weighted by molar-refractivity contribution is -0.655. The number of thiazole rings is 1. The summed E-state index contributed by atoms with van der Waals surface area (Å²) in [6.07, 6.45) is 1.94. The van der Waals surface area contributed by atoms with Gasteiger partial charge in [0.1, 0.15) is 7.05 Å². The van der Waals surface area contributed by atoms with E-state index in [0.29, 0.717) is 0 Å². The third-order valence-corrected chi connectivity index (χ3v) is 2.93. The number of nitrogens with zero attached hydrogens (tertiary/aromatic N) is 1. The van der Waals surface area contributed by atoms with Crippen molar-refractivity contribution in [3.05, 3.63) is 36.5 Å². The number of aromatic nitrogens is 1. The van der Waals surface area contributed by atoms with Gasteiger partial charge in [0.25, 0.3) is 5.01 Å². The van der Waals surface area contributed by atoms with Gasteiger partial charge in [-0.1, -0.05) is 18.2 Å². The highest BCUT2D eigenvalue weighted by atomic mass is 32.1. The Bertz CT molecular complexity index is 406. The summed E-state index contributed by atoms with van der Waals surface area (Å²) < 4.78 is 2.05. The van der Waals surface area contributed by atoms with Crippen LogP contribution in [0, 0.1) is 0 Å². The van der Waals surface area contributed by atoms with E-state index >= 15 is 0 Å². The zero-order chi connectivity index (χ0) is 9.26. The molecule has 1 aromatic carbocycles. The standard InChI is InChI=1S/C10H11N2S/c1-12-7-9(11)13-10(12)8-5-3-2-4-6-8/h2-7H,11H2,1H3/q+1. The first-order valence-electron chi connectivity index (χ1n) is 4.08. The van der Waals surface area contributed by atoms with Crippen molar-refractivity contribution >= 4 is 16.3 Å². The fraction of sp³-hybridized carbons (Fsp3) is 0.100. The van der Waals surface area contributed by atoms with Crippen molar-refractivity contribution in [3.63, 3.8) is 0 Å². The van der Waals surface area contributed by atoms with Crippen molar-refractivity contribution in [2.24, 2.45) is 7.05 Å². The van der Waals surface area contributed by atoms with Gasteiger partial charge in [0, 0.05) is 0 Å². The average molecular weight is 191 g/mol. The fourth-order valence-corrected chi connectivity index (χ4v) is 2.19. The van der Waals surface area contributed by atoms with Gasteiger partial charge in [-0.15, -0.1) is 0 Å². The predicted molar refractivity (Wildman–Crippen MR) is 55.3 cm³/mol. The lowest BCUT2D eigenvalue weighted by Crippen LogP contribution is -2.26. The summed E-state index contributed by atoms with van der Waals surface area (Å²) in [4.78, 5) is 0. The SMILES string of the molecule is C[n+]1cc(N)sc1-c1ccccc1.